The highest BCUT2D eigenvalue weighted by Gasteiger charge is 2.20. The van der Waals surface area contributed by atoms with Crippen LogP contribution >= 0.6 is 15.9 Å². The van der Waals surface area contributed by atoms with Gasteiger partial charge >= 0.3 is 0 Å². The molecule has 1 atom stereocenters. The third kappa shape index (κ3) is 3.46. The molecule has 3 nitrogen and oxygen atoms in total. The van der Waals surface area contributed by atoms with Crippen molar-refractivity contribution in [3.8, 4) is 0 Å². The Morgan fingerprint density at radius 2 is 2.00 bits per heavy atom. The molecule has 1 unspecified atom stereocenters. The SMILES string of the molecule is NNC(CC1CCCCC1)c1cc(Br)ccc1N. The predicted octanol–water partition coefficient (Wildman–Crippen LogP) is 3.51. The molecule has 18 heavy (non-hydrogen) atoms. The second kappa shape index (κ2) is 6.55. The standard InChI is InChI=1S/C14H22BrN3/c15-11-6-7-13(16)12(9-11)14(18-17)8-10-4-2-1-3-5-10/h6-7,9-10,14,18H,1-5,8,16-17H2. The van der Waals surface area contributed by atoms with Crippen molar-refractivity contribution in [2.75, 3.05) is 5.73 Å². The highest BCUT2D eigenvalue weighted by atomic mass is 79.9. The fraction of sp³-hybridized carbons (Fsp3) is 0.571. The largest absolute Gasteiger partial charge is 0.398 e. The number of hydrogen-bond acceptors (Lipinski definition) is 3. The maximum atomic E-state index is 6.05. The topological polar surface area (TPSA) is 64.1 Å². The Hall–Kier alpha value is -0.580. The Morgan fingerprint density at radius 1 is 1.28 bits per heavy atom. The number of hydrazine groups is 1. The van der Waals surface area contributed by atoms with Crippen LogP contribution in [0.1, 0.15) is 50.1 Å². The first-order valence-electron chi connectivity index (χ1n) is 6.71. The summed E-state index contributed by atoms with van der Waals surface area (Å²) in [6, 6.07) is 6.13. The van der Waals surface area contributed by atoms with Crippen molar-refractivity contribution in [2.24, 2.45) is 11.8 Å². The monoisotopic (exact) mass is 311 g/mol. The molecule has 1 aliphatic carbocycles. The van der Waals surface area contributed by atoms with Crippen molar-refractivity contribution in [3.63, 3.8) is 0 Å². The van der Waals surface area contributed by atoms with E-state index >= 15 is 0 Å². The van der Waals surface area contributed by atoms with Gasteiger partial charge in [-0.15, -0.1) is 0 Å². The van der Waals surface area contributed by atoms with Crippen molar-refractivity contribution >= 4 is 21.6 Å². The minimum atomic E-state index is 0.158. The third-order valence-corrected chi connectivity index (χ3v) is 4.41. The van der Waals surface area contributed by atoms with Crippen LogP contribution in [0.3, 0.4) is 0 Å². The summed E-state index contributed by atoms with van der Waals surface area (Å²) in [5.41, 5.74) is 10.9. The van der Waals surface area contributed by atoms with Crippen molar-refractivity contribution in [1.82, 2.24) is 5.43 Å². The highest BCUT2D eigenvalue weighted by Crippen LogP contribution is 2.34. The average Bonchev–Trinajstić information content (AvgIpc) is 2.40. The van der Waals surface area contributed by atoms with Crippen molar-refractivity contribution in [3.05, 3.63) is 28.2 Å². The quantitative estimate of drug-likeness (QED) is 0.453. The molecule has 1 aromatic carbocycles. The van der Waals surface area contributed by atoms with Crippen LogP contribution in [-0.4, -0.2) is 0 Å². The molecule has 1 aromatic rings. The van der Waals surface area contributed by atoms with Gasteiger partial charge in [-0.05, 0) is 36.1 Å². The highest BCUT2D eigenvalue weighted by molar-refractivity contribution is 9.10. The molecule has 4 heteroatoms. The molecule has 2 rings (SSSR count). The van der Waals surface area contributed by atoms with Crippen molar-refractivity contribution < 1.29 is 0 Å². The maximum Gasteiger partial charge on any atom is 0.0483 e. The third-order valence-electron chi connectivity index (χ3n) is 3.92. The molecule has 0 aromatic heterocycles. The molecule has 0 radical (unpaired) electrons. The smallest absolute Gasteiger partial charge is 0.0483 e. The molecule has 0 saturated heterocycles. The van der Waals surface area contributed by atoms with Gasteiger partial charge in [0.2, 0.25) is 0 Å². The van der Waals surface area contributed by atoms with Gasteiger partial charge in [0.15, 0.2) is 0 Å². The van der Waals surface area contributed by atoms with Crippen LogP contribution in [0.4, 0.5) is 5.69 Å². The number of nitrogens with two attached hydrogens (primary N) is 2. The van der Waals surface area contributed by atoms with E-state index < -0.39 is 0 Å². The van der Waals surface area contributed by atoms with E-state index in [-0.39, 0.29) is 6.04 Å². The first-order chi connectivity index (χ1) is 8.70. The lowest BCUT2D eigenvalue weighted by Crippen LogP contribution is -2.30. The first-order valence-corrected chi connectivity index (χ1v) is 7.51. The first kappa shape index (κ1) is 13.8. The predicted molar refractivity (Wildman–Crippen MR) is 79.8 cm³/mol. The van der Waals surface area contributed by atoms with Gasteiger partial charge in [0, 0.05) is 16.2 Å². The minimum absolute atomic E-state index is 0.158. The van der Waals surface area contributed by atoms with E-state index in [0.717, 1.165) is 28.1 Å². The van der Waals surface area contributed by atoms with Gasteiger partial charge in [0.05, 0.1) is 0 Å². The van der Waals surface area contributed by atoms with Gasteiger partial charge < -0.3 is 5.73 Å². The van der Waals surface area contributed by atoms with Crippen LogP contribution in [0.5, 0.6) is 0 Å². The van der Waals surface area contributed by atoms with Crippen LogP contribution in [0.25, 0.3) is 0 Å². The Kier molecular flexibility index (Phi) is 5.03. The number of nitrogen functional groups attached to an aromatic ring is 1. The summed E-state index contributed by atoms with van der Waals surface area (Å²) in [5.74, 6) is 6.50. The van der Waals surface area contributed by atoms with Gasteiger partial charge in [-0.1, -0.05) is 48.0 Å². The Morgan fingerprint density at radius 3 is 2.67 bits per heavy atom. The number of benzene rings is 1. The molecule has 1 saturated carbocycles. The molecule has 0 heterocycles. The molecular weight excluding hydrogens is 290 g/mol. The van der Waals surface area contributed by atoms with Gasteiger partial charge in [0.25, 0.3) is 0 Å². The molecule has 0 amide bonds. The van der Waals surface area contributed by atoms with E-state index in [1.807, 2.05) is 12.1 Å². The number of halogens is 1. The Labute approximate surface area is 117 Å². The zero-order valence-corrected chi connectivity index (χ0v) is 12.2. The van der Waals surface area contributed by atoms with Gasteiger partial charge in [0.1, 0.15) is 0 Å². The average molecular weight is 312 g/mol. The summed E-state index contributed by atoms with van der Waals surface area (Å²) in [5, 5.41) is 0. The number of rotatable bonds is 4. The molecule has 0 aliphatic heterocycles. The fourth-order valence-electron chi connectivity index (χ4n) is 2.89. The normalized spacial score (nSPS) is 18.8. The van der Waals surface area contributed by atoms with Gasteiger partial charge in [-0.3, -0.25) is 11.3 Å². The van der Waals surface area contributed by atoms with Crippen LogP contribution in [0, 0.1) is 5.92 Å². The molecule has 0 spiro atoms. The molecule has 0 bridgehead atoms. The van der Waals surface area contributed by atoms with E-state index in [0.29, 0.717) is 0 Å². The number of nitrogens with one attached hydrogen (secondary N) is 1. The lowest BCUT2D eigenvalue weighted by molar-refractivity contribution is 0.301. The summed E-state index contributed by atoms with van der Waals surface area (Å²) in [6.07, 6.45) is 7.83. The van der Waals surface area contributed by atoms with Gasteiger partial charge in [-0.2, -0.15) is 0 Å². The number of anilines is 1. The molecule has 1 aliphatic rings. The second-order valence-corrected chi connectivity index (χ2v) is 6.15. The van der Waals surface area contributed by atoms with E-state index in [1.165, 1.54) is 32.1 Å². The van der Waals surface area contributed by atoms with Crippen LogP contribution < -0.4 is 17.0 Å². The number of hydrogen-bond donors (Lipinski definition) is 3. The molecular formula is C14H22BrN3. The van der Waals surface area contributed by atoms with Gasteiger partial charge in [-0.25, -0.2) is 0 Å². The molecule has 5 N–H and O–H groups in total. The Bertz CT molecular complexity index is 389. The zero-order chi connectivity index (χ0) is 13.0. The van der Waals surface area contributed by atoms with Crippen molar-refractivity contribution in [1.29, 1.82) is 0 Å². The summed E-state index contributed by atoms with van der Waals surface area (Å²) < 4.78 is 1.05. The van der Waals surface area contributed by atoms with Crippen LogP contribution in [-0.2, 0) is 0 Å². The van der Waals surface area contributed by atoms with Crippen molar-refractivity contribution in [2.45, 2.75) is 44.6 Å². The van der Waals surface area contributed by atoms with Crippen LogP contribution in [0.15, 0.2) is 22.7 Å². The zero-order valence-electron chi connectivity index (χ0n) is 10.7. The summed E-state index contributed by atoms with van der Waals surface area (Å²) in [4.78, 5) is 0. The summed E-state index contributed by atoms with van der Waals surface area (Å²) in [7, 11) is 0. The lowest BCUT2D eigenvalue weighted by Gasteiger charge is -2.27. The van der Waals surface area contributed by atoms with E-state index in [4.69, 9.17) is 11.6 Å². The minimum Gasteiger partial charge on any atom is -0.398 e. The van der Waals surface area contributed by atoms with E-state index in [1.54, 1.807) is 0 Å². The second-order valence-electron chi connectivity index (χ2n) is 5.23. The van der Waals surface area contributed by atoms with E-state index in [9.17, 15) is 0 Å². The Balaban J connectivity index is 2.09. The lowest BCUT2D eigenvalue weighted by atomic mass is 9.83. The maximum absolute atomic E-state index is 6.05. The molecule has 100 valence electrons. The fourth-order valence-corrected chi connectivity index (χ4v) is 3.27. The molecule has 1 fully saturated rings. The van der Waals surface area contributed by atoms with E-state index in [2.05, 4.69) is 27.4 Å². The van der Waals surface area contributed by atoms with Crippen LogP contribution in [0.2, 0.25) is 0 Å². The summed E-state index contributed by atoms with van der Waals surface area (Å²) >= 11 is 3.49. The summed E-state index contributed by atoms with van der Waals surface area (Å²) in [6.45, 7) is 0.